The monoisotopic (exact) mass is 372 g/mol. The summed E-state index contributed by atoms with van der Waals surface area (Å²) in [5.74, 6) is 0.324. The molecule has 1 aromatic carbocycles. The van der Waals surface area contributed by atoms with Crippen molar-refractivity contribution < 1.29 is 19.0 Å². The van der Waals surface area contributed by atoms with Crippen molar-refractivity contribution in [3.63, 3.8) is 0 Å². The van der Waals surface area contributed by atoms with Crippen molar-refractivity contribution in [2.24, 2.45) is 5.92 Å². The molecule has 27 heavy (non-hydrogen) atoms. The number of carbonyl (C=O) groups is 1. The van der Waals surface area contributed by atoms with E-state index >= 15 is 0 Å². The van der Waals surface area contributed by atoms with Gasteiger partial charge in [0.2, 0.25) is 0 Å². The van der Waals surface area contributed by atoms with Gasteiger partial charge >= 0.3 is 6.09 Å². The molecule has 1 unspecified atom stereocenters. The summed E-state index contributed by atoms with van der Waals surface area (Å²) in [6.07, 6.45) is 3.27. The Morgan fingerprint density at radius 3 is 2.67 bits per heavy atom. The highest BCUT2D eigenvalue weighted by Gasteiger charge is 2.29. The number of likely N-dealkylation sites (N-methyl/N-ethyl adjacent to an activating group) is 1. The van der Waals surface area contributed by atoms with Crippen LogP contribution in [0.1, 0.15) is 24.1 Å². The fourth-order valence-electron chi connectivity index (χ4n) is 4.39. The molecule has 2 aliphatic rings. The van der Waals surface area contributed by atoms with Crippen molar-refractivity contribution in [2.75, 3.05) is 40.5 Å². The number of hydrogen-bond acceptors (Lipinski definition) is 5. The quantitative estimate of drug-likeness (QED) is 0.770. The molecular formula is C21H28N2O4. The molecule has 0 bridgehead atoms. The Bertz CT molecular complexity index is 810. The van der Waals surface area contributed by atoms with Gasteiger partial charge in [0.15, 0.2) is 6.29 Å². The molecule has 0 spiro atoms. The van der Waals surface area contributed by atoms with Gasteiger partial charge < -0.3 is 19.1 Å². The average molecular weight is 372 g/mol. The lowest BCUT2D eigenvalue weighted by Crippen LogP contribution is -2.31. The van der Waals surface area contributed by atoms with Crippen molar-refractivity contribution in [2.45, 2.75) is 32.0 Å². The number of para-hydroxylation sites is 1. The van der Waals surface area contributed by atoms with Gasteiger partial charge in [-0.25, -0.2) is 9.36 Å². The normalized spacial score (nSPS) is 22.7. The molecule has 0 saturated carbocycles. The largest absolute Gasteiger partial charge is 0.452 e. The molecule has 6 heteroatoms. The van der Waals surface area contributed by atoms with Crippen LogP contribution in [0.3, 0.4) is 0 Å². The summed E-state index contributed by atoms with van der Waals surface area (Å²) in [6, 6.07) is 8.13. The lowest BCUT2D eigenvalue weighted by Gasteiger charge is -2.27. The second-order valence-corrected chi connectivity index (χ2v) is 7.50. The summed E-state index contributed by atoms with van der Waals surface area (Å²) in [5.41, 5.74) is 3.26. The van der Waals surface area contributed by atoms with Crippen molar-refractivity contribution in [3.8, 4) is 0 Å². The number of carbonyl (C=O) groups excluding carboxylic acids is 1. The van der Waals surface area contributed by atoms with E-state index in [1.807, 2.05) is 18.2 Å². The van der Waals surface area contributed by atoms with E-state index in [1.54, 1.807) is 4.57 Å². The molecule has 1 saturated heterocycles. The smallest absolute Gasteiger partial charge is 0.418 e. The first-order valence-corrected chi connectivity index (χ1v) is 9.80. The maximum Gasteiger partial charge on any atom is 0.418 e. The van der Waals surface area contributed by atoms with Gasteiger partial charge in [0.05, 0.1) is 25.8 Å². The van der Waals surface area contributed by atoms with E-state index in [0.717, 1.165) is 55.4 Å². The molecule has 1 atom stereocenters. The van der Waals surface area contributed by atoms with Crippen molar-refractivity contribution in [3.05, 3.63) is 35.5 Å². The minimum atomic E-state index is -0.317. The molecule has 146 valence electrons. The number of benzene rings is 1. The first kappa shape index (κ1) is 18.5. The Balaban J connectivity index is 1.76. The standard InChI is InChI=1S/C21H28N2O4/c1-22-11-9-15(20-26-13-14-27-20)7-8-19-17(10-12-22)16-5-3-4-6-18(16)23(19)21(24)25-2/h3-6,15,20H,7-14H2,1-2H3. The minimum absolute atomic E-state index is 0.128. The summed E-state index contributed by atoms with van der Waals surface area (Å²) in [6.45, 7) is 3.33. The van der Waals surface area contributed by atoms with Crippen molar-refractivity contribution in [1.29, 1.82) is 0 Å². The predicted octanol–water partition coefficient (Wildman–Crippen LogP) is 3.06. The fraction of sp³-hybridized carbons (Fsp3) is 0.571. The highest BCUT2D eigenvalue weighted by atomic mass is 16.7. The SMILES string of the molecule is COC(=O)n1c2c(c3ccccc31)CCN(C)CCC(C1OCCO1)CC2. The van der Waals surface area contributed by atoms with Gasteiger partial charge in [0.1, 0.15) is 0 Å². The Kier molecular flexibility index (Phi) is 5.48. The zero-order valence-electron chi connectivity index (χ0n) is 16.1. The van der Waals surface area contributed by atoms with Crippen LogP contribution in [0.2, 0.25) is 0 Å². The summed E-state index contributed by atoms with van der Waals surface area (Å²) in [5, 5.41) is 1.15. The fourth-order valence-corrected chi connectivity index (χ4v) is 4.39. The van der Waals surface area contributed by atoms with E-state index in [9.17, 15) is 4.79 Å². The van der Waals surface area contributed by atoms with Crippen molar-refractivity contribution >= 4 is 17.0 Å². The third kappa shape index (κ3) is 3.61. The predicted molar refractivity (Wildman–Crippen MR) is 103 cm³/mol. The molecular weight excluding hydrogens is 344 g/mol. The van der Waals surface area contributed by atoms with Gasteiger partial charge in [-0.3, -0.25) is 0 Å². The van der Waals surface area contributed by atoms with Gasteiger partial charge in [0, 0.05) is 23.5 Å². The van der Waals surface area contributed by atoms with Crippen LogP contribution in [0.15, 0.2) is 24.3 Å². The first-order chi connectivity index (χ1) is 13.2. The molecule has 2 aliphatic heterocycles. The second kappa shape index (κ2) is 8.00. The van der Waals surface area contributed by atoms with Crippen LogP contribution in [0.25, 0.3) is 10.9 Å². The molecule has 0 aliphatic carbocycles. The van der Waals surface area contributed by atoms with E-state index in [1.165, 1.54) is 12.7 Å². The molecule has 1 aromatic heterocycles. The summed E-state index contributed by atoms with van der Waals surface area (Å²) in [4.78, 5) is 15.0. The number of ether oxygens (including phenoxy) is 3. The molecule has 0 N–H and O–H groups in total. The molecule has 4 rings (SSSR count). The van der Waals surface area contributed by atoms with E-state index in [4.69, 9.17) is 14.2 Å². The number of hydrogen-bond donors (Lipinski definition) is 0. The summed E-state index contributed by atoms with van der Waals surface area (Å²) in [7, 11) is 3.61. The van der Waals surface area contributed by atoms with Gasteiger partial charge in [0.25, 0.3) is 0 Å². The molecule has 6 nitrogen and oxygen atoms in total. The zero-order chi connectivity index (χ0) is 18.8. The zero-order valence-corrected chi connectivity index (χ0v) is 16.1. The summed E-state index contributed by atoms with van der Waals surface area (Å²) >= 11 is 0. The highest BCUT2D eigenvalue weighted by molar-refractivity contribution is 5.93. The van der Waals surface area contributed by atoms with Gasteiger partial charge in [-0.1, -0.05) is 18.2 Å². The van der Waals surface area contributed by atoms with E-state index in [-0.39, 0.29) is 12.4 Å². The topological polar surface area (TPSA) is 52.9 Å². The van der Waals surface area contributed by atoms with E-state index < -0.39 is 0 Å². The third-order valence-corrected chi connectivity index (χ3v) is 5.86. The second-order valence-electron chi connectivity index (χ2n) is 7.50. The number of aromatic nitrogens is 1. The minimum Gasteiger partial charge on any atom is -0.452 e. The Hall–Kier alpha value is -1.89. The Morgan fingerprint density at radius 1 is 1.11 bits per heavy atom. The van der Waals surface area contributed by atoms with Crippen LogP contribution in [-0.2, 0) is 27.1 Å². The van der Waals surface area contributed by atoms with Crippen LogP contribution >= 0.6 is 0 Å². The molecule has 0 radical (unpaired) electrons. The first-order valence-electron chi connectivity index (χ1n) is 9.80. The number of methoxy groups -OCH3 is 1. The Morgan fingerprint density at radius 2 is 1.89 bits per heavy atom. The number of rotatable bonds is 1. The molecule has 0 amide bonds. The van der Waals surface area contributed by atoms with Crippen LogP contribution < -0.4 is 0 Å². The number of fused-ring (bicyclic) bond motifs is 3. The lowest BCUT2D eigenvalue weighted by atomic mass is 9.94. The molecule has 2 aromatic rings. The maximum atomic E-state index is 12.6. The van der Waals surface area contributed by atoms with Crippen LogP contribution in [0.4, 0.5) is 4.79 Å². The number of nitrogens with zero attached hydrogens (tertiary/aromatic N) is 2. The highest BCUT2D eigenvalue weighted by Crippen LogP contribution is 2.32. The van der Waals surface area contributed by atoms with Gasteiger partial charge in [-0.2, -0.15) is 0 Å². The van der Waals surface area contributed by atoms with Crippen LogP contribution in [-0.4, -0.2) is 62.3 Å². The third-order valence-electron chi connectivity index (χ3n) is 5.86. The van der Waals surface area contributed by atoms with Gasteiger partial charge in [-0.15, -0.1) is 0 Å². The molecule has 1 fully saturated rings. The van der Waals surface area contributed by atoms with E-state index in [2.05, 4.69) is 18.0 Å². The summed E-state index contributed by atoms with van der Waals surface area (Å²) < 4.78 is 18.5. The lowest BCUT2D eigenvalue weighted by molar-refractivity contribution is -0.0888. The van der Waals surface area contributed by atoms with Crippen molar-refractivity contribution in [1.82, 2.24) is 9.47 Å². The van der Waals surface area contributed by atoms with E-state index in [0.29, 0.717) is 19.1 Å². The maximum absolute atomic E-state index is 12.6. The van der Waals surface area contributed by atoms with Crippen LogP contribution in [0.5, 0.6) is 0 Å². The molecule has 3 heterocycles. The average Bonchev–Trinajstić information content (AvgIpc) is 3.32. The van der Waals surface area contributed by atoms with Gasteiger partial charge in [-0.05, 0) is 50.9 Å². The van der Waals surface area contributed by atoms with Crippen LogP contribution in [0, 0.1) is 5.92 Å². The Labute approximate surface area is 160 Å².